The minimum Gasteiger partial charge on any atom is -0.466 e. The van der Waals surface area contributed by atoms with Gasteiger partial charge in [0.05, 0.1) is 29.0 Å². The predicted octanol–water partition coefficient (Wildman–Crippen LogP) is 4.32. The molecule has 3 heterocycles. The Kier molecular flexibility index (Phi) is 5.81. The van der Waals surface area contributed by atoms with E-state index in [4.69, 9.17) is 4.74 Å². The zero-order chi connectivity index (χ0) is 24.9. The summed E-state index contributed by atoms with van der Waals surface area (Å²) in [6.45, 7) is 8.06. The summed E-state index contributed by atoms with van der Waals surface area (Å²) in [6, 6.07) is 15.5. The van der Waals surface area contributed by atoms with Gasteiger partial charge in [0.25, 0.3) is 5.56 Å². The fourth-order valence-corrected chi connectivity index (χ4v) is 5.72. The molecule has 0 saturated heterocycles. The molecule has 1 aliphatic rings. The van der Waals surface area contributed by atoms with E-state index >= 15 is 0 Å². The number of fused-ring (bicyclic) bond motifs is 2. The molecule has 0 radical (unpaired) electrons. The summed E-state index contributed by atoms with van der Waals surface area (Å²) >= 11 is 1.34. The molecule has 0 spiro atoms. The van der Waals surface area contributed by atoms with Crippen LogP contribution in [0.4, 0.5) is 0 Å². The molecule has 0 amide bonds. The average Bonchev–Trinajstić information content (AvgIpc) is 3.33. The van der Waals surface area contributed by atoms with Crippen molar-refractivity contribution in [1.29, 1.82) is 0 Å². The first-order valence-electron chi connectivity index (χ1n) is 11.6. The number of carbonyl (C=O) groups is 1. The van der Waals surface area contributed by atoms with Crippen LogP contribution in [0.5, 0.6) is 0 Å². The second-order valence-corrected chi connectivity index (χ2v) is 10.1. The third-order valence-corrected chi connectivity index (χ3v) is 7.55. The molecule has 6 nitrogen and oxygen atoms in total. The van der Waals surface area contributed by atoms with E-state index in [1.54, 1.807) is 11.5 Å². The van der Waals surface area contributed by atoms with Gasteiger partial charge in [0, 0.05) is 22.2 Å². The molecular formula is C28H27N3O3S. The fraction of sp³-hybridized carbons (Fsp3) is 0.250. The van der Waals surface area contributed by atoms with E-state index in [2.05, 4.69) is 36.0 Å². The van der Waals surface area contributed by atoms with Crippen molar-refractivity contribution in [3.63, 3.8) is 0 Å². The Hall–Kier alpha value is -3.71. The number of methoxy groups -OCH3 is 1. The van der Waals surface area contributed by atoms with E-state index in [1.807, 2.05) is 49.4 Å². The largest absolute Gasteiger partial charge is 0.466 e. The Morgan fingerprint density at radius 3 is 2.54 bits per heavy atom. The minimum absolute atomic E-state index is 0.176. The number of carbonyl (C=O) groups excluding carboxylic acids is 1. The van der Waals surface area contributed by atoms with Crippen molar-refractivity contribution in [3.8, 4) is 0 Å². The summed E-state index contributed by atoms with van der Waals surface area (Å²) in [7, 11) is 1.35. The molecule has 0 fully saturated rings. The summed E-state index contributed by atoms with van der Waals surface area (Å²) in [5.41, 5.74) is 5.80. The van der Waals surface area contributed by atoms with Crippen molar-refractivity contribution in [1.82, 2.24) is 9.55 Å². The SMILES string of the molecule is COC(=O)C1=C(C)N=c2sc(=Cc3c(C)[nH]c4ccccc34)c(=O)n2[C@@H]1c1ccc(C(C)C)cc1. The van der Waals surface area contributed by atoms with Gasteiger partial charge in [-0.3, -0.25) is 9.36 Å². The number of hydrogen-bond donors (Lipinski definition) is 1. The van der Waals surface area contributed by atoms with Crippen LogP contribution < -0.4 is 14.9 Å². The smallest absolute Gasteiger partial charge is 0.338 e. The van der Waals surface area contributed by atoms with Gasteiger partial charge in [-0.05, 0) is 43.0 Å². The number of thiazole rings is 1. The highest BCUT2D eigenvalue weighted by Crippen LogP contribution is 2.31. The molecule has 2 aromatic carbocycles. The zero-order valence-corrected chi connectivity index (χ0v) is 21.2. The van der Waals surface area contributed by atoms with Crippen LogP contribution in [0, 0.1) is 6.92 Å². The van der Waals surface area contributed by atoms with Gasteiger partial charge in [-0.2, -0.15) is 0 Å². The molecule has 1 atom stereocenters. The first kappa shape index (κ1) is 23.1. The number of hydrogen-bond acceptors (Lipinski definition) is 5. The summed E-state index contributed by atoms with van der Waals surface area (Å²) in [5, 5.41) is 1.06. The zero-order valence-electron chi connectivity index (χ0n) is 20.4. The molecule has 4 aromatic rings. The van der Waals surface area contributed by atoms with Gasteiger partial charge < -0.3 is 9.72 Å². The van der Waals surface area contributed by atoms with Crippen LogP contribution in [0.15, 0.2) is 69.6 Å². The molecule has 0 bridgehead atoms. The van der Waals surface area contributed by atoms with Gasteiger partial charge in [-0.25, -0.2) is 9.79 Å². The first-order chi connectivity index (χ1) is 16.8. The number of rotatable bonds is 4. The van der Waals surface area contributed by atoms with Gasteiger partial charge in [0.15, 0.2) is 4.80 Å². The second-order valence-electron chi connectivity index (χ2n) is 9.10. The lowest BCUT2D eigenvalue weighted by Crippen LogP contribution is -2.39. The van der Waals surface area contributed by atoms with Crippen molar-refractivity contribution in [2.24, 2.45) is 4.99 Å². The van der Waals surface area contributed by atoms with Crippen molar-refractivity contribution in [3.05, 3.63) is 102 Å². The molecule has 2 aromatic heterocycles. The number of H-pyrrole nitrogens is 1. The standard InChI is InChI=1S/C28H27N3O3S/c1-15(2)18-10-12-19(13-11-18)25-24(27(33)34-5)17(4)30-28-31(25)26(32)23(35-28)14-21-16(3)29-22-9-7-6-8-20(21)22/h6-15,25,29H,1-5H3/t25-/m1/s1. The molecule has 1 aliphatic heterocycles. The van der Waals surface area contributed by atoms with Crippen molar-refractivity contribution < 1.29 is 9.53 Å². The Morgan fingerprint density at radius 2 is 1.86 bits per heavy atom. The molecule has 5 rings (SSSR count). The van der Waals surface area contributed by atoms with Gasteiger partial charge >= 0.3 is 5.97 Å². The third kappa shape index (κ3) is 3.86. The van der Waals surface area contributed by atoms with Gasteiger partial charge in [-0.1, -0.05) is 67.6 Å². The van der Waals surface area contributed by atoms with Gasteiger partial charge in [0.1, 0.15) is 0 Å². The van der Waals surface area contributed by atoms with Crippen LogP contribution in [0.25, 0.3) is 17.0 Å². The monoisotopic (exact) mass is 485 g/mol. The molecule has 7 heteroatoms. The molecule has 0 aliphatic carbocycles. The number of nitrogens with zero attached hydrogens (tertiary/aromatic N) is 2. The molecular weight excluding hydrogens is 458 g/mol. The lowest BCUT2D eigenvalue weighted by atomic mass is 9.93. The van der Waals surface area contributed by atoms with Crippen molar-refractivity contribution in [2.45, 2.75) is 39.7 Å². The van der Waals surface area contributed by atoms with E-state index in [0.29, 0.717) is 26.5 Å². The Morgan fingerprint density at radius 1 is 1.14 bits per heavy atom. The Balaban J connectivity index is 1.75. The average molecular weight is 486 g/mol. The van der Waals surface area contributed by atoms with Crippen molar-refractivity contribution in [2.75, 3.05) is 7.11 Å². The number of allylic oxidation sites excluding steroid dienone is 1. The highest BCUT2D eigenvalue weighted by atomic mass is 32.1. The molecule has 0 saturated carbocycles. The maximum atomic E-state index is 13.8. The summed E-state index contributed by atoms with van der Waals surface area (Å²) < 4.78 is 7.30. The van der Waals surface area contributed by atoms with Crippen LogP contribution >= 0.6 is 11.3 Å². The highest BCUT2D eigenvalue weighted by molar-refractivity contribution is 7.07. The topological polar surface area (TPSA) is 76.4 Å². The van der Waals surface area contributed by atoms with E-state index < -0.39 is 12.0 Å². The van der Waals surface area contributed by atoms with Crippen molar-refractivity contribution >= 4 is 34.3 Å². The van der Waals surface area contributed by atoms with Gasteiger partial charge in [-0.15, -0.1) is 0 Å². The number of para-hydroxylation sites is 1. The number of aromatic amines is 1. The van der Waals surface area contributed by atoms with Crippen LogP contribution in [0.1, 0.15) is 55.1 Å². The second kappa shape index (κ2) is 8.82. The maximum Gasteiger partial charge on any atom is 0.338 e. The maximum absolute atomic E-state index is 13.8. The predicted molar refractivity (Wildman–Crippen MR) is 139 cm³/mol. The summed E-state index contributed by atoms with van der Waals surface area (Å²) in [6.07, 6.45) is 1.92. The first-order valence-corrected chi connectivity index (χ1v) is 12.4. The minimum atomic E-state index is -0.605. The third-order valence-electron chi connectivity index (χ3n) is 6.56. The van der Waals surface area contributed by atoms with E-state index in [-0.39, 0.29) is 5.56 Å². The van der Waals surface area contributed by atoms with Crippen LogP contribution in [-0.2, 0) is 9.53 Å². The van der Waals surface area contributed by atoms with E-state index in [9.17, 15) is 9.59 Å². The molecule has 35 heavy (non-hydrogen) atoms. The number of ether oxygens (including phenoxy) is 1. The van der Waals surface area contributed by atoms with Gasteiger partial charge in [0.2, 0.25) is 0 Å². The van der Waals surface area contributed by atoms with Crippen LogP contribution in [-0.4, -0.2) is 22.6 Å². The van der Waals surface area contributed by atoms with Crippen LogP contribution in [0.2, 0.25) is 0 Å². The lowest BCUT2D eigenvalue weighted by Gasteiger charge is -2.24. The van der Waals surface area contributed by atoms with Crippen LogP contribution in [0.3, 0.4) is 0 Å². The number of aryl methyl sites for hydroxylation is 1. The van der Waals surface area contributed by atoms with E-state index in [1.165, 1.54) is 24.0 Å². The fourth-order valence-electron chi connectivity index (χ4n) is 4.69. The van der Waals surface area contributed by atoms with E-state index in [0.717, 1.165) is 27.7 Å². The number of esters is 1. The summed E-state index contributed by atoms with van der Waals surface area (Å²) in [5.74, 6) is -0.103. The number of nitrogens with one attached hydrogen (secondary N) is 1. The summed E-state index contributed by atoms with van der Waals surface area (Å²) in [4.78, 5) is 35.3. The number of benzene rings is 2. The lowest BCUT2D eigenvalue weighted by molar-refractivity contribution is -0.136. The normalized spacial score (nSPS) is 16.1. The Bertz CT molecular complexity index is 1670. The molecule has 0 unspecified atom stereocenters. The quantitative estimate of drug-likeness (QED) is 0.438. The number of aromatic nitrogens is 2. The molecule has 178 valence electrons. The molecule has 1 N–H and O–H groups in total. The highest BCUT2D eigenvalue weighted by Gasteiger charge is 2.33. The Labute approximate surface area is 206 Å².